The molecule has 1 aromatic heterocycles. The summed E-state index contributed by atoms with van der Waals surface area (Å²) in [5, 5.41) is 10.2. The molecule has 26 heavy (non-hydrogen) atoms. The van der Waals surface area contributed by atoms with Gasteiger partial charge in [0.15, 0.2) is 11.0 Å². The summed E-state index contributed by atoms with van der Waals surface area (Å²) in [6.45, 7) is 5.96. The number of halogens is 1. The fourth-order valence-electron chi connectivity index (χ4n) is 3.31. The summed E-state index contributed by atoms with van der Waals surface area (Å²) < 4.78 is 2.10. The SMILES string of the molecule is CCCn1c(SCC(=O)N2CCCC[C@H]2C)nnc1-c1ccc(Cl)cc1. The van der Waals surface area contributed by atoms with Crippen LogP contribution in [0.3, 0.4) is 0 Å². The average Bonchev–Trinajstić information content (AvgIpc) is 3.04. The number of aromatic nitrogens is 3. The molecule has 5 nitrogen and oxygen atoms in total. The fraction of sp³-hybridized carbons (Fsp3) is 0.526. The maximum Gasteiger partial charge on any atom is 0.233 e. The normalized spacial score (nSPS) is 17.5. The van der Waals surface area contributed by atoms with Crippen molar-refractivity contribution in [3.8, 4) is 11.4 Å². The van der Waals surface area contributed by atoms with Gasteiger partial charge in [-0.15, -0.1) is 10.2 Å². The van der Waals surface area contributed by atoms with E-state index in [1.165, 1.54) is 18.2 Å². The van der Waals surface area contributed by atoms with Gasteiger partial charge in [0.25, 0.3) is 0 Å². The summed E-state index contributed by atoms with van der Waals surface area (Å²) in [5.74, 6) is 1.43. The molecular formula is C19H25ClN4OS. The molecular weight excluding hydrogens is 368 g/mol. The Kier molecular flexibility index (Phi) is 6.59. The molecule has 0 unspecified atom stereocenters. The van der Waals surface area contributed by atoms with E-state index >= 15 is 0 Å². The topological polar surface area (TPSA) is 51.0 Å². The Morgan fingerprint density at radius 2 is 2.04 bits per heavy atom. The highest BCUT2D eigenvalue weighted by Crippen LogP contribution is 2.26. The number of carbonyl (C=O) groups excluding carboxylic acids is 1. The molecule has 1 atom stereocenters. The highest BCUT2D eigenvalue weighted by atomic mass is 35.5. The van der Waals surface area contributed by atoms with Gasteiger partial charge in [-0.05, 0) is 56.9 Å². The molecule has 1 fully saturated rings. The van der Waals surface area contributed by atoms with E-state index in [0.717, 1.165) is 48.9 Å². The van der Waals surface area contributed by atoms with Crippen molar-refractivity contribution in [1.82, 2.24) is 19.7 Å². The lowest BCUT2D eigenvalue weighted by atomic mass is 10.0. The van der Waals surface area contributed by atoms with Gasteiger partial charge < -0.3 is 9.47 Å². The van der Waals surface area contributed by atoms with Crippen LogP contribution in [0.2, 0.25) is 5.02 Å². The molecule has 0 saturated carbocycles. The Bertz CT molecular complexity index is 746. The van der Waals surface area contributed by atoms with Gasteiger partial charge in [0.1, 0.15) is 0 Å². The maximum absolute atomic E-state index is 12.6. The number of nitrogens with zero attached hydrogens (tertiary/aromatic N) is 4. The molecule has 2 aromatic rings. The third-order valence-corrected chi connectivity index (χ3v) is 5.92. The van der Waals surface area contributed by atoms with E-state index in [1.807, 2.05) is 29.2 Å². The van der Waals surface area contributed by atoms with E-state index < -0.39 is 0 Å². The molecule has 3 rings (SSSR count). The van der Waals surface area contributed by atoms with Crippen molar-refractivity contribution in [3.05, 3.63) is 29.3 Å². The first-order valence-corrected chi connectivity index (χ1v) is 10.6. The molecule has 0 spiro atoms. The Labute approximate surface area is 164 Å². The molecule has 0 radical (unpaired) electrons. The molecule has 0 aliphatic carbocycles. The summed E-state index contributed by atoms with van der Waals surface area (Å²) in [4.78, 5) is 14.6. The zero-order valence-electron chi connectivity index (χ0n) is 15.3. The fourth-order valence-corrected chi connectivity index (χ4v) is 4.29. The number of rotatable bonds is 6. The first kappa shape index (κ1) is 19.2. The molecule has 140 valence electrons. The van der Waals surface area contributed by atoms with Gasteiger partial charge in [-0.25, -0.2) is 0 Å². The van der Waals surface area contributed by atoms with Gasteiger partial charge in [-0.2, -0.15) is 0 Å². The van der Waals surface area contributed by atoms with Crippen LogP contribution in [0.4, 0.5) is 0 Å². The molecule has 0 N–H and O–H groups in total. The predicted molar refractivity (Wildman–Crippen MR) is 107 cm³/mol. The lowest BCUT2D eigenvalue weighted by molar-refractivity contribution is -0.131. The first-order chi connectivity index (χ1) is 12.6. The monoisotopic (exact) mass is 392 g/mol. The Morgan fingerprint density at radius 1 is 1.27 bits per heavy atom. The van der Waals surface area contributed by atoms with Gasteiger partial charge >= 0.3 is 0 Å². The quantitative estimate of drug-likeness (QED) is 0.679. The highest BCUT2D eigenvalue weighted by Gasteiger charge is 2.24. The van der Waals surface area contributed by atoms with Gasteiger partial charge in [0.05, 0.1) is 5.75 Å². The summed E-state index contributed by atoms with van der Waals surface area (Å²) in [6.07, 6.45) is 4.40. The van der Waals surface area contributed by atoms with Crippen LogP contribution in [0.1, 0.15) is 39.5 Å². The number of thioether (sulfide) groups is 1. The van der Waals surface area contributed by atoms with Gasteiger partial charge in [-0.1, -0.05) is 30.3 Å². The summed E-state index contributed by atoms with van der Waals surface area (Å²) in [7, 11) is 0. The van der Waals surface area contributed by atoms with E-state index in [9.17, 15) is 4.79 Å². The summed E-state index contributed by atoms with van der Waals surface area (Å²) in [6, 6.07) is 7.96. The number of carbonyl (C=O) groups is 1. The summed E-state index contributed by atoms with van der Waals surface area (Å²) >= 11 is 7.47. The zero-order valence-corrected chi connectivity index (χ0v) is 16.9. The van der Waals surface area contributed by atoms with E-state index in [2.05, 4.69) is 28.6 Å². The molecule has 1 aliphatic rings. The lowest BCUT2D eigenvalue weighted by Gasteiger charge is -2.33. The number of hydrogen-bond acceptors (Lipinski definition) is 4. The van der Waals surface area contributed by atoms with Crippen molar-refractivity contribution in [3.63, 3.8) is 0 Å². The first-order valence-electron chi connectivity index (χ1n) is 9.21. The van der Waals surface area contributed by atoms with Crippen LogP contribution < -0.4 is 0 Å². The minimum Gasteiger partial charge on any atom is -0.339 e. The van der Waals surface area contributed by atoms with Crippen molar-refractivity contribution < 1.29 is 4.79 Å². The lowest BCUT2D eigenvalue weighted by Crippen LogP contribution is -2.43. The molecule has 2 heterocycles. The molecule has 1 aromatic carbocycles. The average molecular weight is 393 g/mol. The number of benzene rings is 1. The Balaban J connectivity index is 1.73. The standard InChI is InChI=1S/C19H25ClN4OS/c1-3-11-24-18(15-7-9-16(20)10-8-15)21-22-19(24)26-13-17(25)23-12-5-4-6-14(23)2/h7-10,14H,3-6,11-13H2,1-2H3/t14-/m1/s1. The number of amides is 1. The van der Waals surface area contributed by atoms with Gasteiger partial charge in [-0.3, -0.25) is 4.79 Å². The second-order valence-corrected chi connectivity index (χ2v) is 8.06. The van der Waals surface area contributed by atoms with E-state index in [0.29, 0.717) is 16.8 Å². The van der Waals surface area contributed by atoms with Crippen molar-refractivity contribution >= 4 is 29.3 Å². The van der Waals surface area contributed by atoms with Gasteiger partial charge in [0.2, 0.25) is 5.91 Å². The van der Waals surface area contributed by atoms with Crippen LogP contribution in [0.15, 0.2) is 29.4 Å². The molecule has 0 bridgehead atoms. The van der Waals surface area contributed by atoms with Crippen LogP contribution in [-0.2, 0) is 11.3 Å². The second-order valence-electron chi connectivity index (χ2n) is 6.69. The number of likely N-dealkylation sites (tertiary alicyclic amines) is 1. The van der Waals surface area contributed by atoms with E-state index in [4.69, 9.17) is 11.6 Å². The summed E-state index contributed by atoms with van der Waals surface area (Å²) in [5.41, 5.74) is 0.984. The van der Waals surface area contributed by atoms with Crippen LogP contribution >= 0.6 is 23.4 Å². The largest absolute Gasteiger partial charge is 0.339 e. The number of piperidine rings is 1. The van der Waals surface area contributed by atoms with Crippen LogP contribution in [0.25, 0.3) is 11.4 Å². The molecule has 1 saturated heterocycles. The third kappa shape index (κ3) is 4.41. The maximum atomic E-state index is 12.6. The van der Waals surface area contributed by atoms with E-state index in [-0.39, 0.29) is 5.91 Å². The Morgan fingerprint density at radius 3 is 2.73 bits per heavy atom. The second kappa shape index (κ2) is 8.91. The zero-order chi connectivity index (χ0) is 18.5. The third-order valence-electron chi connectivity index (χ3n) is 4.71. The minimum absolute atomic E-state index is 0.196. The predicted octanol–water partition coefficient (Wildman–Crippen LogP) is 4.50. The van der Waals surface area contributed by atoms with Crippen molar-refractivity contribution in [2.45, 2.75) is 57.3 Å². The number of hydrogen-bond donors (Lipinski definition) is 0. The van der Waals surface area contributed by atoms with Crippen LogP contribution in [0, 0.1) is 0 Å². The van der Waals surface area contributed by atoms with Crippen LogP contribution in [0.5, 0.6) is 0 Å². The van der Waals surface area contributed by atoms with Crippen molar-refractivity contribution in [2.75, 3.05) is 12.3 Å². The van der Waals surface area contributed by atoms with Gasteiger partial charge in [0, 0.05) is 29.7 Å². The molecule has 7 heteroatoms. The smallest absolute Gasteiger partial charge is 0.233 e. The van der Waals surface area contributed by atoms with Crippen LogP contribution in [-0.4, -0.2) is 43.9 Å². The molecule has 1 aliphatic heterocycles. The highest BCUT2D eigenvalue weighted by molar-refractivity contribution is 7.99. The van der Waals surface area contributed by atoms with E-state index in [1.54, 1.807) is 0 Å². The minimum atomic E-state index is 0.196. The van der Waals surface area contributed by atoms with Crippen molar-refractivity contribution in [2.24, 2.45) is 0 Å². The molecule has 1 amide bonds. The van der Waals surface area contributed by atoms with Crippen molar-refractivity contribution in [1.29, 1.82) is 0 Å². The Hall–Kier alpha value is -1.53.